The Morgan fingerprint density at radius 2 is 1.85 bits per heavy atom. The quantitative estimate of drug-likeness (QED) is 0.656. The van der Waals surface area contributed by atoms with E-state index in [4.69, 9.17) is 4.74 Å². The van der Waals surface area contributed by atoms with Gasteiger partial charge in [-0.3, -0.25) is 0 Å². The highest BCUT2D eigenvalue weighted by molar-refractivity contribution is 5.89. The van der Waals surface area contributed by atoms with Crippen molar-refractivity contribution in [1.29, 1.82) is 0 Å². The summed E-state index contributed by atoms with van der Waals surface area (Å²) < 4.78 is 17.4. The van der Waals surface area contributed by atoms with Gasteiger partial charge in [-0.05, 0) is 38.1 Å². The van der Waals surface area contributed by atoms with Crippen molar-refractivity contribution in [1.82, 2.24) is 0 Å². The van der Waals surface area contributed by atoms with Crippen LogP contribution < -0.4 is 0 Å². The first-order valence-electron chi connectivity index (χ1n) is 4.06. The van der Waals surface area contributed by atoms with Crippen molar-refractivity contribution in [3.63, 3.8) is 0 Å². The zero-order chi connectivity index (χ0) is 9.84. The van der Waals surface area contributed by atoms with Gasteiger partial charge in [-0.2, -0.15) is 0 Å². The van der Waals surface area contributed by atoms with Gasteiger partial charge in [0.25, 0.3) is 0 Å². The molecule has 0 fully saturated rings. The maximum absolute atomic E-state index is 12.5. The monoisotopic (exact) mass is 182 g/mol. The second-order valence-electron chi connectivity index (χ2n) is 2.96. The smallest absolute Gasteiger partial charge is 0.338 e. The molecule has 2 nitrogen and oxygen atoms in total. The molecule has 1 aromatic carbocycles. The molecule has 0 N–H and O–H groups in total. The van der Waals surface area contributed by atoms with Gasteiger partial charge in [0.1, 0.15) is 5.82 Å². The van der Waals surface area contributed by atoms with Crippen molar-refractivity contribution >= 4 is 5.97 Å². The SMILES string of the molecule is CC(C)OC(=O)c1ccc(F)cc1. The average Bonchev–Trinajstić information content (AvgIpc) is 2.04. The minimum atomic E-state index is -0.421. The third-order valence-corrected chi connectivity index (χ3v) is 1.42. The van der Waals surface area contributed by atoms with Crippen LogP contribution in [-0.2, 0) is 4.74 Å². The molecule has 0 spiro atoms. The summed E-state index contributed by atoms with van der Waals surface area (Å²) in [5, 5.41) is 0. The van der Waals surface area contributed by atoms with Gasteiger partial charge in [-0.25, -0.2) is 9.18 Å². The van der Waals surface area contributed by atoms with Crippen LogP contribution in [0.4, 0.5) is 4.39 Å². The van der Waals surface area contributed by atoms with Crippen LogP contribution in [-0.4, -0.2) is 12.1 Å². The van der Waals surface area contributed by atoms with Crippen molar-refractivity contribution in [3.8, 4) is 0 Å². The van der Waals surface area contributed by atoms with E-state index in [0.717, 1.165) is 0 Å². The molecular weight excluding hydrogens is 171 g/mol. The molecule has 0 radical (unpaired) electrons. The largest absolute Gasteiger partial charge is 0.459 e. The van der Waals surface area contributed by atoms with Gasteiger partial charge in [0.15, 0.2) is 0 Å². The molecule has 1 aromatic rings. The molecule has 0 saturated carbocycles. The number of halogens is 1. The number of esters is 1. The summed E-state index contributed by atoms with van der Waals surface area (Å²) in [6.45, 7) is 3.53. The summed E-state index contributed by atoms with van der Waals surface area (Å²) in [4.78, 5) is 11.2. The van der Waals surface area contributed by atoms with Gasteiger partial charge >= 0.3 is 5.97 Å². The van der Waals surface area contributed by atoms with Crippen molar-refractivity contribution in [2.45, 2.75) is 20.0 Å². The summed E-state index contributed by atoms with van der Waals surface area (Å²) in [7, 11) is 0. The third kappa shape index (κ3) is 2.86. The molecule has 0 heterocycles. The van der Waals surface area contributed by atoms with Crippen LogP contribution in [0.25, 0.3) is 0 Å². The van der Waals surface area contributed by atoms with Crippen molar-refractivity contribution in [3.05, 3.63) is 35.6 Å². The Hall–Kier alpha value is -1.38. The van der Waals surface area contributed by atoms with Gasteiger partial charge in [-0.15, -0.1) is 0 Å². The van der Waals surface area contributed by atoms with Gasteiger partial charge in [0.05, 0.1) is 11.7 Å². The highest BCUT2D eigenvalue weighted by Crippen LogP contribution is 2.05. The molecule has 0 aliphatic rings. The Bertz CT molecular complexity index is 290. The highest BCUT2D eigenvalue weighted by Gasteiger charge is 2.08. The van der Waals surface area contributed by atoms with E-state index in [1.807, 2.05) is 0 Å². The van der Waals surface area contributed by atoms with E-state index in [1.54, 1.807) is 13.8 Å². The molecule has 13 heavy (non-hydrogen) atoms. The van der Waals surface area contributed by atoms with Crippen LogP contribution in [0.2, 0.25) is 0 Å². The zero-order valence-corrected chi connectivity index (χ0v) is 7.58. The van der Waals surface area contributed by atoms with Gasteiger partial charge in [0, 0.05) is 0 Å². The summed E-state index contributed by atoms with van der Waals surface area (Å²) >= 11 is 0. The van der Waals surface area contributed by atoms with E-state index in [9.17, 15) is 9.18 Å². The fourth-order valence-corrected chi connectivity index (χ4v) is 0.868. The fourth-order valence-electron chi connectivity index (χ4n) is 0.868. The Balaban J connectivity index is 2.72. The molecule has 3 heteroatoms. The van der Waals surface area contributed by atoms with E-state index in [2.05, 4.69) is 0 Å². The lowest BCUT2D eigenvalue weighted by molar-refractivity contribution is 0.0378. The van der Waals surface area contributed by atoms with Crippen molar-refractivity contribution in [2.75, 3.05) is 0 Å². The van der Waals surface area contributed by atoms with E-state index in [0.29, 0.717) is 5.56 Å². The van der Waals surface area contributed by atoms with E-state index < -0.39 is 5.97 Å². The lowest BCUT2D eigenvalue weighted by Crippen LogP contribution is -2.11. The maximum Gasteiger partial charge on any atom is 0.338 e. The molecule has 0 amide bonds. The lowest BCUT2D eigenvalue weighted by atomic mass is 10.2. The minimum Gasteiger partial charge on any atom is -0.459 e. The summed E-state index contributed by atoms with van der Waals surface area (Å²) in [5.41, 5.74) is 0.370. The van der Waals surface area contributed by atoms with Crippen LogP contribution in [0.1, 0.15) is 24.2 Å². The van der Waals surface area contributed by atoms with Crippen LogP contribution >= 0.6 is 0 Å². The standard InChI is InChI=1S/C10H11FO2/c1-7(2)13-10(12)8-3-5-9(11)6-4-8/h3-7H,1-2H3. The number of carbonyl (C=O) groups is 1. The third-order valence-electron chi connectivity index (χ3n) is 1.42. The van der Waals surface area contributed by atoms with Gasteiger partial charge < -0.3 is 4.74 Å². The van der Waals surface area contributed by atoms with Crippen LogP contribution in [0.5, 0.6) is 0 Å². The fraction of sp³-hybridized carbons (Fsp3) is 0.300. The molecule has 0 unspecified atom stereocenters. The van der Waals surface area contributed by atoms with Crippen LogP contribution in [0.3, 0.4) is 0 Å². The first-order valence-corrected chi connectivity index (χ1v) is 4.06. The Morgan fingerprint density at radius 1 is 1.31 bits per heavy atom. The normalized spacial score (nSPS) is 10.2. The molecule has 0 aliphatic heterocycles. The molecule has 0 aliphatic carbocycles. The van der Waals surface area contributed by atoms with E-state index in [-0.39, 0.29) is 11.9 Å². The lowest BCUT2D eigenvalue weighted by Gasteiger charge is -2.07. The number of rotatable bonds is 2. The van der Waals surface area contributed by atoms with E-state index >= 15 is 0 Å². The second-order valence-corrected chi connectivity index (χ2v) is 2.96. The highest BCUT2D eigenvalue weighted by atomic mass is 19.1. The van der Waals surface area contributed by atoms with Gasteiger partial charge in [0.2, 0.25) is 0 Å². The molecule has 0 aromatic heterocycles. The molecule has 1 rings (SSSR count). The minimum absolute atomic E-state index is 0.155. The zero-order valence-electron chi connectivity index (χ0n) is 7.58. The molecule has 70 valence electrons. The first kappa shape index (κ1) is 9.71. The maximum atomic E-state index is 12.5. The van der Waals surface area contributed by atoms with Crippen LogP contribution in [0, 0.1) is 5.82 Å². The summed E-state index contributed by atoms with van der Waals surface area (Å²) in [6, 6.07) is 5.27. The van der Waals surface area contributed by atoms with E-state index in [1.165, 1.54) is 24.3 Å². The topological polar surface area (TPSA) is 26.3 Å². The number of carbonyl (C=O) groups excluding carboxylic acids is 1. The summed E-state index contributed by atoms with van der Waals surface area (Å²) in [6.07, 6.45) is -0.155. The Labute approximate surface area is 76.3 Å². The molecule has 0 bridgehead atoms. The molecule has 0 saturated heterocycles. The molecular formula is C10H11FO2. The second kappa shape index (κ2) is 4.03. The number of hydrogen-bond acceptors (Lipinski definition) is 2. The van der Waals surface area contributed by atoms with Gasteiger partial charge in [-0.1, -0.05) is 0 Å². The first-order chi connectivity index (χ1) is 6.09. The van der Waals surface area contributed by atoms with Crippen LogP contribution in [0.15, 0.2) is 24.3 Å². The Morgan fingerprint density at radius 3 is 2.31 bits per heavy atom. The number of hydrogen-bond donors (Lipinski definition) is 0. The summed E-state index contributed by atoms with van der Waals surface area (Å²) in [5.74, 6) is -0.781. The number of benzene rings is 1. The Kier molecular flexibility index (Phi) is 3.01. The number of ether oxygens (including phenoxy) is 1. The predicted molar refractivity (Wildman–Crippen MR) is 47.0 cm³/mol. The average molecular weight is 182 g/mol. The predicted octanol–water partition coefficient (Wildman–Crippen LogP) is 2.39. The molecule has 0 atom stereocenters. The van der Waals surface area contributed by atoms with Crippen molar-refractivity contribution < 1.29 is 13.9 Å². The van der Waals surface area contributed by atoms with Crippen molar-refractivity contribution in [2.24, 2.45) is 0 Å².